The Morgan fingerprint density at radius 3 is 2.15 bits per heavy atom. The Morgan fingerprint density at radius 2 is 1.58 bits per heavy atom. The summed E-state index contributed by atoms with van der Waals surface area (Å²) in [5.74, 6) is 0.507. The molecule has 0 unspecified atom stereocenters. The summed E-state index contributed by atoms with van der Waals surface area (Å²) in [7, 11) is 0. The fraction of sp³-hybridized carbons (Fsp3) is 0.412. The van der Waals surface area contributed by atoms with Gasteiger partial charge in [-0.1, -0.05) is 47.9 Å². The van der Waals surface area contributed by atoms with Gasteiger partial charge in [0, 0.05) is 12.2 Å². The lowest BCUT2D eigenvalue weighted by molar-refractivity contribution is -0.118. The second kappa shape index (κ2) is 10.5. The smallest absolute Gasteiger partial charge is 0.234 e. The summed E-state index contributed by atoms with van der Waals surface area (Å²) in [5.41, 5.74) is 3.03. The maximum Gasteiger partial charge on any atom is 0.234 e. The lowest BCUT2D eigenvalue weighted by Gasteiger charge is -2.06. The Kier molecular flexibility index (Phi) is 8.40. The Morgan fingerprint density at radius 1 is 1.00 bits per heavy atom. The van der Waals surface area contributed by atoms with Crippen molar-refractivity contribution in [3.8, 4) is 0 Å². The number of benzene rings is 1. The van der Waals surface area contributed by atoms with E-state index in [9.17, 15) is 9.59 Å². The molecule has 2 N–H and O–H groups in total. The van der Waals surface area contributed by atoms with E-state index >= 15 is 0 Å². The lowest BCUT2D eigenvalue weighted by atomic mass is 10.1. The molecule has 2 amide bonds. The summed E-state index contributed by atoms with van der Waals surface area (Å²) in [6, 6.07) is 5.95. The highest BCUT2D eigenvalue weighted by Gasteiger charge is 2.10. The molecule has 0 aliphatic heterocycles. The minimum Gasteiger partial charge on any atom is -0.355 e. The number of aromatic nitrogens is 2. The zero-order valence-electron chi connectivity index (χ0n) is 15.0. The zero-order valence-corrected chi connectivity index (χ0v) is 17.4. The van der Waals surface area contributed by atoms with E-state index < -0.39 is 0 Å². The first-order valence-corrected chi connectivity index (χ1v) is 11.0. The third-order valence-corrected chi connectivity index (χ3v) is 6.31. The maximum atomic E-state index is 12.1. The highest BCUT2D eigenvalue weighted by Crippen LogP contribution is 2.28. The van der Waals surface area contributed by atoms with Crippen molar-refractivity contribution >= 4 is 52.4 Å². The Labute approximate surface area is 165 Å². The van der Waals surface area contributed by atoms with Gasteiger partial charge < -0.3 is 10.6 Å². The van der Waals surface area contributed by atoms with Crippen LogP contribution in [0.2, 0.25) is 0 Å². The van der Waals surface area contributed by atoms with Crippen LogP contribution in [0.15, 0.2) is 26.9 Å². The van der Waals surface area contributed by atoms with Crippen molar-refractivity contribution in [2.24, 2.45) is 0 Å². The van der Waals surface area contributed by atoms with E-state index in [2.05, 4.69) is 26.9 Å². The van der Waals surface area contributed by atoms with Crippen LogP contribution in [0.1, 0.15) is 24.5 Å². The van der Waals surface area contributed by atoms with Crippen LogP contribution in [0, 0.1) is 13.8 Å². The molecule has 140 valence electrons. The van der Waals surface area contributed by atoms with Gasteiger partial charge >= 0.3 is 0 Å². The molecule has 0 spiro atoms. The van der Waals surface area contributed by atoms with Crippen LogP contribution in [-0.4, -0.2) is 40.1 Å². The third kappa shape index (κ3) is 7.35. The van der Waals surface area contributed by atoms with Gasteiger partial charge in [0.05, 0.1) is 11.5 Å². The molecule has 0 aliphatic rings. The Balaban J connectivity index is 1.76. The number of amides is 2. The van der Waals surface area contributed by atoms with E-state index in [0.717, 1.165) is 31.9 Å². The fourth-order valence-corrected chi connectivity index (χ4v) is 4.78. The van der Waals surface area contributed by atoms with Crippen molar-refractivity contribution in [1.82, 2.24) is 15.5 Å². The van der Waals surface area contributed by atoms with Crippen molar-refractivity contribution in [2.45, 2.75) is 35.9 Å². The molecule has 9 heteroatoms. The number of nitrogens with zero attached hydrogens (tertiary/aromatic N) is 2. The summed E-state index contributed by atoms with van der Waals surface area (Å²) < 4.78 is 1.45. The highest BCUT2D eigenvalue weighted by atomic mass is 32.2. The number of nitrogens with one attached hydrogen (secondary N) is 2. The maximum absolute atomic E-state index is 12.1. The van der Waals surface area contributed by atoms with E-state index in [1.165, 1.54) is 34.9 Å². The molecule has 26 heavy (non-hydrogen) atoms. The first-order valence-electron chi connectivity index (χ1n) is 8.20. The summed E-state index contributed by atoms with van der Waals surface area (Å²) in [6.07, 6.45) is 0.917. The minimum absolute atomic E-state index is 0.00548. The van der Waals surface area contributed by atoms with Crippen molar-refractivity contribution in [3.05, 3.63) is 29.3 Å². The SMILES string of the molecule is CCCNC(=O)CSc1nnc(SCC(=O)Nc2cc(C)cc(C)c2)s1. The molecule has 0 fully saturated rings. The average Bonchev–Trinajstić information content (AvgIpc) is 3.03. The quantitative estimate of drug-likeness (QED) is 0.616. The molecule has 0 aliphatic carbocycles. The Bertz CT molecular complexity index is 744. The number of hydrogen-bond donors (Lipinski definition) is 2. The number of rotatable bonds is 9. The number of thioether (sulfide) groups is 2. The topological polar surface area (TPSA) is 84.0 Å². The van der Waals surface area contributed by atoms with Crippen LogP contribution < -0.4 is 10.6 Å². The fourth-order valence-electron chi connectivity index (χ4n) is 2.13. The van der Waals surface area contributed by atoms with Gasteiger partial charge in [-0.05, 0) is 43.5 Å². The van der Waals surface area contributed by atoms with E-state index in [1.807, 2.05) is 32.9 Å². The second-order valence-electron chi connectivity index (χ2n) is 5.69. The first kappa shape index (κ1) is 20.7. The first-order chi connectivity index (χ1) is 12.5. The average molecular weight is 411 g/mol. The Hall–Kier alpha value is -1.58. The van der Waals surface area contributed by atoms with Crippen molar-refractivity contribution < 1.29 is 9.59 Å². The molecule has 0 saturated carbocycles. The summed E-state index contributed by atoms with van der Waals surface area (Å²) in [6.45, 7) is 6.70. The van der Waals surface area contributed by atoms with Gasteiger partial charge in [-0.3, -0.25) is 9.59 Å². The van der Waals surface area contributed by atoms with Gasteiger partial charge in [0.1, 0.15) is 0 Å². The molecule has 0 radical (unpaired) electrons. The van der Waals surface area contributed by atoms with Gasteiger partial charge in [-0.25, -0.2) is 0 Å². The summed E-state index contributed by atoms with van der Waals surface area (Å²) in [5, 5.41) is 13.8. The van der Waals surface area contributed by atoms with Crippen LogP contribution in [0.4, 0.5) is 5.69 Å². The standard InChI is InChI=1S/C17H22N4O2S3/c1-4-5-18-14(22)9-24-16-20-21-17(26-16)25-10-15(23)19-13-7-11(2)6-12(3)8-13/h6-8H,4-5,9-10H2,1-3H3,(H,18,22)(H,19,23). The van der Waals surface area contributed by atoms with Crippen LogP contribution in [-0.2, 0) is 9.59 Å². The molecule has 1 heterocycles. The van der Waals surface area contributed by atoms with E-state index in [4.69, 9.17) is 0 Å². The van der Waals surface area contributed by atoms with Crippen molar-refractivity contribution in [1.29, 1.82) is 0 Å². The van der Waals surface area contributed by atoms with Crippen LogP contribution in [0.3, 0.4) is 0 Å². The second-order valence-corrected chi connectivity index (χ2v) is 9.11. The predicted octanol–water partition coefficient (Wildman–Crippen LogP) is 3.50. The number of anilines is 1. The monoisotopic (exact) mass is 410 g/mol. The van der Waals surface area contributed by atoms with Crippen molar-refractivity contribution in [2.75, 3.05) is 23.4 Å². The molecule has 1 aromatic carbocycles. The molecule has 0 bridgehead atoms. The van der Waals surface area contributed by atoms with E-state index in [1.54, 1.807) is 0 Å². The molecule has 6 nitrogen and oxygen atoms in total. The predicted molar refractivity (Wildman–Crippen MR) is 109 cm³/mol. The number of hydrogen-bond acceptors (Lipinski definition) is 7. The highest BCUT2D eigenvalue weighted by molar-refractivity contribution is 8.03. The normalized spacial score (nSPS) is 10.6. The van der Waals surface area contributed by atoms with Crippen molar-refractivity contribution in [3.63, 3.8) is 0 Å². The molecule has 0 saturated heterocycles. The number of carbonyl (C=O) groups is 2. The molecular formula is C17H22N4O2S3. The molecule has 2 aromatic rings. The number of carbonyl (C=O) groups excluding carboxylic acids is 2. The van der Waals surface area contributed by atoms with E-state index in [-0.39, 0.29) is 17.6 Å². The van der Waals surface area contributed by atoms with Gasteiger partial charge in [-0.2, -0.15) is 0 Å². The largest absolute Gasteiger partial charge is 0.355 e. The van der Waals surface area contributed by atoms with Gasteiger partial charge in [-0.15, -0.1) is 10.2 Å². The molecule has 1 aromatic heterocycles. The molecule has 0 atom stereocenters. The van der Waals surface area contributed by atoms with Crippen LogP contribution in [0.5, 0.6) is 0 Å². The van der Waals surface area contributed by atoms with Crippen LogP contribution in [0.25, 0.3) is 0 Å². The zero-order chi connectivity index (χ0) is 18.9. The molecular weight excluding hydrogens is 388 g/mol. The van der Waals surface area contributed by atoms with Gasteiger partial charge in [0.15, 0.2) is 8.68 Å². The molecule has 2 rings (SSSR count). The summed E-state index contributed by atoms with van der Waals surface area (Å²) in [4.78, 5) is 23.7. The summed E-state index contributed by atoms with van der Waals surface area (Å²) >= 11 is 4.10. The third-order valence-electron chi connectivity index (χ3n) is 3.12. The minimum atomic E-state index is -0.0802. The van der Waals surface area contributed by atoms with Gasteiger partial charge in [0.2, 0.25) is 11.8 Å². The van der Waals surface area contributed by atoms with Crippen LogP contribution >= 0.6 is 34.9 Å². The van der Waals surface area contributed by atoms with Gasteiger partial charge in [0.25, 0.3) is 0 Å². The number of aryl methyl sites for hydroxylation is 2. The lowest BCUT2D eigenvalue weighted by Crippen LogP contribution is -2.25. The van der Waals surface area contributed by atoms with E-state index in [0.29, 0.717) is 12.3 Å².